The van der Waals surface area contributed by atoms with Crippen molar-refractivity contribution in [1.82, 2.24) is 10.3 Å². The van der Waals surface area contributed by atoms with Crippen molar-refractivity contribution in [2.24, 2.45) is 0 Å². The number of carbonyl (C=O) groups is 2. The molecule has 20 heavy (non-hydrogen) atoms. The molecule has 8 heteroatoms. The molecule has 0 aliphatic rings. The third-order valence-corrected chi connectivity index (χ3v) is 1.96. The van der Waals surface area contributed by atoms with Gasteiger partial charge in [-0.05, 0) is 20.8 Å². The molecule has 0 aromatic carbocycles. The van der Waals surface area contributed by atoms with Crippen LogP contribution in [-0.4, -0.2) is 42.8 Å². The van der Waals surface area contributed by atoms with Crippen molar-refractivity contribution < 1.29 is 23.5 Å². The number of ether oxygens (including phenoxy) is 2. The number of alkyl carbamates (subject to hydrolysis) is 1. The molecular formula is C12H19N3O5. The maximum Gasteiger partial charge on any atom is 0.407 e. The van der Waals surface area contributed by atoms with Gasteiger partial charge in [-0.15, -0.1) is 0 Å². The minimum absolute atomic E-state index is 0.00935. The number of aromatic nitrogens is 1. The second-order valence-corrected chi connectivity index (χ2v) is 4.88. The summed E-state index contributed by atoms with van der Waals surface area (Å²) in [7, 11) is 1.25. The summed E-state index contributed by atoms with van der Waals surface area (Å²) in [6.45, 7) is 6.05. The molecule has 1 aromatic rings. The fraction of sp³-hybridized carbons (Fsp3) is 0.583. The lowest BCUT2D eigenvalue weighted by atomic mass is 10.2. The molecule has 8 nitrogen and oxygen atoms in total. The third-order valence-electron chi connectivity index (χ3n) is 1.96. The number of methoxy groups -OCH3 is 1. The van der Waals surface area contributed by atoms with E-state index in [1.54, 1.807) is 20.8 Å². The zero-order valence-corrected chi connectivity index (χ0v) is 12.0. The van der Waals surface area contributed by atoms with Crippen molar-refractivity contribution in [3.63, 3.8) is 0 Å². The molecule has 0 aliphatic carbocycles. The number of hydrogen-bond donors (Lipinski definition) is 2. The molecule has 1 rings (SSSR count). The highest BCUT2D eigenvalue weighted by Gasteiger charge is 2.15. The number of oxazole rings is 1. The quantitative estimate of drug-likeness (QED) is 0.622. The number of esters is 1. The van der Waals surface area contributed by atoms with E-state index in [4.69, 9.17) is 9.15 Å². The van der Waals surface area contributed by atoms with Crippen LogP contribution in [0.25, 0.3) is 0 Å². The zero-order valence-electron chi connectivity index (χ0n) is 12.0. The molecule has 0 unspecified atom stereocenters. The predicted octanol–water partition coefficient (Wildman–Crippen LogP) is 1.40. The van der Waals surface area contributed by atoms with Crippen LogP contribution < -0.4 is 10.6 Å². The Morgan fingerprint density at radius 3 is 2.65 bits per heavy atom. The first kappa shape index (κ1) is 15.8. The van der Waals surface area contributed by atoms with E-state index in [1.165, 1.54) is 13.3 Å². The Morgan fingerprint density at radius 1 is 1.35 bits per heavy atom. The molecular weight excluding hydrogens is 266 g/mol. The molecule has 0 saturated carbocycles. The number of hydrogen-bond acceptors (Lipinski definition) is 7. The van der Waals surface area contributed by atoms with E-state index in [9.17, 15) is 9.59 Å². The van der Waals surface area contributed by atoms with Crippen LogP contribution >= 0.6 is 0 Å². The van der Waals surface area contributed by atoms with Crippen LogP contribution in [-0.2, 0) is 9.47 Å². The van der Waals surface area contributed by atoms with Gasteiger partial charge in [-0.1, -0.05) is 0 Å². The lowest BCUT2D eigenvalue weighted by molar-refractivity contribution is 0.0528. The molecule has 0 aliphatic heterocycles. The molecule has 0 atom stereocenters. The molecule has 2 N–H and O–H groups in total. The summed E-state index contributed by atoms with van der Waals surface area (Å²) in [5.41, 5.74) is -0.532. The minimum atomic E-state index is -0.600. The predicted molar refractivity (Wildman–Crippen MR) is 70.6 cm³/mol. The van der Waals surface area contributed by atoms with E-state index in [1.807, 2.05) is 0 Å². The summed E-state index contributed by atoms with van der Waals surface area (Å²) >= 11 is 0. The Balaban J connectivity index is 2.26. The van der Waals surface area contributed by atoms with E-state index in [-0.39, 0.29) is 11.8 Å². The molecule has 112 valence electrons. The fourth-order valence-corrected chi connectivity index (χ4v) is 1.20. The highest BCUT2D eigenvalue weighted by Crippen LogP contribution is 2.09. The van der Waals surface area contributed by atoms with Gasteiger partial charge in [0.1, 0.15) is 5.60 Å². The number of amides is 1. The van der Waals surface area contributed by atoms with Gasteiger partial charge in [-0.25, -0.2) is 14.6 Å². The van der Waals surface area contributed by atoms with Gasteiger partial charge in [0.2, 0.25) is 5.76 Å². The summed E-state index contributed by atoms with van der Waals surface area (Å²) in [4.78, 5) is 26.3. The first-order valence-corrected chi connectivity index (χ1v) is 6.06. The lowest BCUT2D eigenvalue weighted by Gasteiger charge is -2.19. The largest absolute Gasteiger partial charge is 0.463 e. The monoisotopic (exact) mass is 285 g/mol. The van der Waals surface area contributed by atoms with Crippen LogP contribution in [0.5, 0.6) is 0 Å². The number of rotatable bonds is 5. The van der Waals surface area contributed by atoms with Crippen LogP contribution in [0.2, 0.25) is 0 Å². The Morgan fingerprint density at radius 2 is 2.05 bits per heavy atom. The second kappa shape index (κ2) is 6.78. The standard InChI is InChI=1S/C12H19N3O5/c1-12(2,3)20-11(17)14-6-5-13-10-15-7-8(19-10)9(16)18-4/h7H,5-6H2,1-4H3,(H,13,15)(H,14,17). The highest BCUT2D eigenvalue weighted by molar-refractivity contribution is 5.86. The van der Waals surface area contributed by atoms with E-state index in [0.29, 0.717) is 13.1 Å². The number of nitrogens with one attached hydrogen (secondary N) is 2. The van der Waals surface area contributed by atoms with Crippen LogP contribution in [0, 0.1) is 0 Å². The van der Waals surface area contributed by atoms with Gasteiger partial charge in [0.25, 0.3) is 6.01 Å². The normalized spacial score (nSPS) is 10.8. The lowest BCUT2D eigenvalue weighted by Crippen LogP contribution is -2.35. The molecule has 0 spiro atoms. The zero-order chi connectivity index (χ0) is 15.2. The van der Waals surface area contributed by atoms with Crippen LogP contribution in [0.1, 0.15) is 31.3 Å². The van der Waals surface area contributed by atoms with Crippen molar-refractivity contribution in [1.29, 1.82) is 0 Å². The van der Waals surface area contributed by atoms with Crippen LogP contribution in [0.4, 0.5) is 10.8 Å². The van der Waals surface area contributed by atoms with E-state index in [2.05, 4.69) is 20.4 Å². The maximum atomic E-state index is 11.3. The maximum absolute atomic E-state index is 11.3. The van der Waals surface area contributed by atoms with Gasteiger partial charge in [0, 0.05) is 13.1 Å². The number of carbonyl (C=O) groups excluding carboxylic acids is 2. The van der Waals surface area contributed by atoms with Crippen molar-refractivity contribution in [3.8, 4) is 0 Å². The Bertz CT molecular complexity index is 464. The fourth-order valence-electron chi connectivity index (χ4n) is 1.20. The SMILES string of the molecule is COC(=O)c1cnc(NCCNC(=O)OC(C)(C)C)o1. The van der Waals surface area contributed by atoms with Crippen molar-refractivity contribution >= 4 is 18.1 Å². The topological polar surface area (TPSA) is 103 Å². The van der Waals surface area contributed by atoms with Gasteiger partial charge in [-0.2, -0.15) is 0 Å². The average molecular weight is 285 g/mol. The molecule has 0 radical (unpaired) electrons. The van der Waals surface area contributed by atoms with Gasteiger partial charge < -0.3 is 24.5 Å². The van der Waals surface area contributed by atoms with Gasteiger partial charge in [0.05, 0.1) is 13.3 Å². The first-order chi connectivity index (χ1) is 9.31. The molecule has 1 aromatic heterocycles. The van der Waals surface area contributed by atoms with E-state index in [0.717, 1.165) is 0 Å². The summed E-state index contributed by atoms with van der Waals surface area (Å²) in [6.07, 6.45) is 0.761. The molecule has 0 saturated heterocycles. The third kappa shape index (κ3) is 5.59. The van der Waals surface area contributed by atoms with E-state index < -0.39 is 17.7 Å². The first-order valence-electron chi connectivity index (χ1n) is 6.06. The molecule has 0 bridgehead atoms. The van der Waals surface area contributed by atoms with Crippen molar-refractivity contribution in [2.45, 2.75) is 26.4 Å². The molecule has 1 heterocycles. The van der Waals surface area contributed by atoms with Crippen LogP contribution in [0.15, 0.2) is 10.6 Å². The number of nitrogens with zero attached hydrogens (tertiary/aromatic N) is 1. The van der Waals surface area contributed by atoms with Gasteiger partial charge in [-0.3, -0.25) is 0 Å². The summed E-state index contributed by atoms with van der Waals surface area (Å²) < 4.78 is 14.6. The minimum Gasteiger partial charge on any atom is -0.463 e. The summed E-state index contributed by atoms with van der Waals surface area (Å²) in [5, 5.41) is 5.37. The number of anilines is 1. The van der Waals surface area contributed by atoms with Gasteiger partial charge >= 0.3 is 12.1 Å². The summed E-state index contributed by atoms with van der Waals surface area (Å²) in [6, 6.07) is 0.177. The molecule has 1 amide bonds. The summed E-state index contributed by atoms with van der Waals surface area (Å²) in [5.74, 6) is -0.590. The average Bonchev–Trinajstić information content (AvgIpc) is 2.80. The molecule has 0 fully saturated rings. The van der Waals surface area contributed by atoms with Crippen molar-refractivity contribution in [3.05, 3.63) is 12.0 Å². The Labute approximate surface area is 116 Å². The van der Waals surface area contributed by atoms with E-state index >= 15 is 0 Å². The Kier molecular flexibility index (Phi) is 5.36. The van der Waals surface area contributed by atoms with Crippen LogP contribution in [0.3, 0.4) is 0 Å². The Hall–Kier alpha value is -2.25. The van der Waals surface area contributed by atoms with Gasteiger partial charge in [0.15, 0.2) is 0 Å². The second-order valence-electron chi connectivity index (χ2n) is 4.88. The van der Waals surface area contributed by atoms with Crippen molar-refractivity contribution in [2.75, 3.05) is 25.5 Å². The smallest absolute Gasteiger partial charge is 0.407 e. The highest BCUT2D eigenvalue weighted by atomic mass is 16.6.